The van der Waals surface area contributed by atoms with E-state index in [0.717, 1.165) is 44.9 Å². The molecule has 0 bridgehead atoms. The predicted molar refractivity (Wildman–Crippen MR) is 135 cm³/mol. The van der Waals surface area contributed by atoms with Gasteiger partial charge in [-0.2, -0.15) is 0 Å². The molecular formula is C30H50O3. The Kier molecular flexibility index (Phi) is 7.00. The molecule has 0 aliphatic heterocycles. The molecule has 2 N–H and O–H groups in total. The molecular weight excluding hydrogens is 408 g/mol. The van der Waals surface area contributed by atoms with Gasteiger partial charge in [0.15, 0.2) is 5.78 Å². The molecule has 4 aliphatic carbocycles. The summed E-state index contributed by atoms with van der Waals surface area (Å²) in [7, 11) is 0. The molecule has 0 heterocycles. The molecule has 3 fully saturated rings. The Morgan fingerprint density at radius 3 is 2.27 bits per heavy atom. The zero-order valence-electron chi connectivity index (χ0n) is 22.2. The minimum Gasteiger partial charge on any atom is -0.396 e. The van der Waals surface area contributed by atoms with Gasteiger partial charge in [0.25, 0.3) is 0 Å². The lowest BCUT2D eigenvalue weighted by Crippen LogP contribution is -2.59. The molecule has 33 heavy (non-hydrogen) atoms. The molecule has 0 aromatic heterocycles. The van der Waals surface area contributed by atoms with Gasteiger partial charge >= 0.3 is 0 Å². The van der Waals surface area contributed by atoms with Crippen LogP contribution in [0.4, 0.5) is 0 Å². The Hall–Kier alpha value is -0.670. The number of allylic oxidation sites excluding steroid dienone is 1. The molecule has 188 valence electrons. The van der Waals surface area contributed by atoms with Crippen molar-refractivity contribution >= 4 is 5.78 Å². The van der Waals surface area contributed by atoms with Crippen LogP contribution in [0.3, 0.4) is 0 Å². The first-order valence-corrected chi connectivity index (χ1v) is 14.3. The van der Waals surface area contributed by atoms with E-state index in [0.29, 0.717) is 60.1 Å². The fourth-order valence-corrected chi connectivity index (χ4v) is 10.5. The van der Waals surface area contributed by atoms with E-state index in [2.05, 4.69) is 47.6 Å². The summed E-state index contributed by atoms with van der Waals surface area (Å²) in [5, 5.41) is 22.2. The van der Waals surface area contributed by atoms with E-state index in [1.165, 1.54) is 12.0 Å². The summed E-state index contributed by atoms with van der Waals surface area (Å²) in [4.78, 5) is 12.5. The Labute approximate surface area is 202 Å². The third-order valence-corrected chi connectivity index (χ3v) is 11.8. The highest BCUT2D eigenvalue weighted by Crippen LogP contribution is 2.73. The molecule has 3 nitrogen and oxygen atoms in total. The number of hydrogen-bond acceptors (Lipinski definition) is 3. The van der Waals surface area contributed by atoms with Gasteiger partial charge in [-0.05, 0) is 96.9 Å². The molecule has 10 atom stereocenters. The number of carbonyl (C=O) groups is 1. The zero-order valence-corrected chi connectivity index (χ0v) is 22.2. The van der Waals surface area contributed by atoms with Crippen molar-refractivity contribution in [3.05, 3.63) is 11.6 Å². The van der Waals surface area contributed by atoms with Crippen molar-refractivity contribution in [1.82, 2.24) is 0 Å². The van der Waals surface area contributed by atoms with Crippen molar-refractivity contribution < 1.29 is 15.0 Å². The Morgan fingerprint density at radius 1 is 1.00 bits per heavy atom. The van der Waals surface area contributed by atoms with Crippen LogP contribution in [0.1, 0.15) is 106 Å². The Bertz CT molecular complexity index is 773. The fourth-order valence-electron chi connectivity index (χ4n) is 10.5. The van der Waals surface area contributed by atoms with E-state index >= 15 is 0 Å². The first-order valence-electron chi connectivity index (χ1n) is 14.3. The molecule has 0 aromatic carbocycles. The third kappa shape index (κ3) is 3.38. The molecule has 0 spiro atoms. The van der Waals surface area contributed by atoms with Crippen LogP contribution in [-0.4, -0.2) is 28.2 Å². The highest BCUT2D eigenvalue weighted by Gasteiger charge is 2.71. The summed E-state index contributed by atoms with van der Waals surface area (Å²) in [6.07, 6.45) is 11.9. The second kappa shape index (κ2) is 9.08. The van der Waals surface area contributed by atoms with E-state index in [9.17, 15) is 15.0 Å². The first kappa shape index (κ1) is 25.4. The number of aliphatic hydroxyl groups excluding tert-OH is 1. The van der Waals surface area contributed by atoms with Crippen molar-refractivity contribution in [3.8, 4) is 0 Å². The minimum atomic E-state index is -0.680. The van der Waals surface area contributed by atoms with Crippen LogP contribution in [0.2, 0.25) is 0 Å². The molecule has 3 heteroatoms. The lowest BCUT2D eigenvalue weighted by Gasteiger charge is -2.64. The van der Waals surface area contributed by atoms with E-state index < -0.39 is 5.60 Å². The molecule has 5 unspecified atom stereocenters. The summed E-state index contributed by atoms with van der Waals surface area (Å²) in [5.74, 6) is 4.07. The maximum atomic E-state index is 12.5. The van der Waals surface area contributed by atoms with E-state index in [-0.39, 0.29) is 17.4 Å². The lowest BCUT2D eigenvalue weighted by molar-refractivity contribution is -0.162. The first-order chi connectivity index (χ1) is 15.7. The van der Waals surface area contributed by atoms with Crippen molar-refractivity contribution in [2.45, 2.75) is 111 Å². The van der Waals surface area contributed by atoms with Gasteiger partial charge in [-0.3, -0.25) is 4.79 Å². The van der Waals surface area contributed by atoms with Gasteiger partial charge in [0.05, 0.1) is 5.60 Å². The number of aliphatic hydroxyl groups is 2. The second-order valence-electron chi connectivity index (χ2n) is 12.6. The largest absolute Gasteiger partial charge is 0.396 e. The van der Waals surface area contributed by atoms with Gasteiger partial charge in [0.1, 0.15) is 0 Å². The van der Waals surface area contributed by atoms with Crippen LogP contribution < -0.4 is 0 Å². The molecule has 0 amide bonds. The molecule has 4 aliphatic rings. The van der Waals surface area contributed by atoms with E-state index in [1.807, 2.05) is 0 Å². The number of fused-ring (bicyclic) bond motifs is 5. The monoisotopic (exact) mass is 458 g/mol. The van der Waals surface area contributed by atoms with Gasteiger partial charge in [-0.25, -0.2) is 0 Å². The predicted octanol–water partition coefficient (Wildman–Crippen LogP) is 6.57. The molecule has 0 aromatic rings. The number of rotatable bonds is 7. The third-order valence-electron chi connectivity index (χ3n) is 11.8. The van der Waals surface area contributed by atoms with Crippen molar-refractivity contribution in [2.75, 3.05) is 6.61 Å². The normalized spacial score (nSPS) is 49.3. The minimum absolute atomic E-state index is 0.0849. The molecule has 3 saturated carbocycles. The smallest absolute Gasteiger partial charge is 0.155 e. The maximum absolute atomic E-state index is 12.5. The van der Waals surface area contributed by atoms with Crippen molar-refractivity contribution in [2.24, 2.45) is 52.3 Å². The standard InChI is InChI=1S/C30H50O3/c1-7-20-21(8-2)26-24(28(5)15-12-19(32)18-25(20)28)13-16-29(6)27(26)22(9-3)23(10-4)30(29,33)14-11-17-31/h18,20-24,26-27,31,33H,7-17H2,1-6H3/t20?,21?,22?,23?,24-,26-,27+,28-,29+,30?/m1/s1. The second-order valence-corrected chi connectivity index (χ2v) is 12.6. The quantitative estimate of drug-likeness (QED) is 0.454. The summed E-state index contributed by atoms with van der Waals surface area (Å²) in [6.45, 7) is 14.4. The summed E-state index contributed by atoms with van der Waals surface area (Å²) in [5.41, 5.74) is 0.850. The van der Waals surface area contributed by atoms with Crippen LogP contribution >= 0.6 is 0 Å². The van der Waals surface area contributed by atoms with Crippen LogP contribution in [0.15, 0.2) is 11.6 Å². The zero-order chi connectivity index (χ0) is 24.2. The SMILES string of the molecule is CCC1C2=CC(=O)CC[C@]2(C)[C@@H]2CC[C@@]3(C)[C@@H](C(CC)C(CC)C3(O)CCCO)[C@@H]2C1CC. The van der Waals surface area contributed by atoms with Crippen molar-refractivity contribution in [1.29, 1.82) is 0 Å². The molecule has 0 radical (unpaired) electrons. The van der Waals surface area contributed by atoms with Crippen LogP contribution in [0.5, 0.6) is 0 Å². The van der Waals surface area contributed by atoms with E-state index in [4.69, 9.17) is 0 Å². The molecule has 4 rings (SSSR count). The van der Waals surface area contributed by atoms with Crippen LogP contribution in [-0.2, 0) is 4.79 Å². The lowest BCUT2D eigenvalue weighted by atomic mass is 9.41. The van der Waals surface area contributed by atoms with Gasteiger partial charge < -0.3 is 10.2 Å². The van der Waals surface area contributed by atoms with Crippen LogP contribution in [0.25, 0.3) is 0 Å². The summed E-state index contributed by atoms with van der Waals surface area (Å²) >= 11 is 0. The van der Waals surface area contributed by atoms with Crippen molar-refractivity contribution in [3.63, 3.8) is 0 Å². The van der Waals surface area contributed by atoms with Crippen LogP contribution in [0, 0.1) is 52.3 Å². The average molecular weight is 459 g/mol. The highest BCUT2D eigenvalue weighted by molar-refractivity contribution is 5.91. The number of hydrogen-bond donors (Lipinski definition) is 2. The van der Waals surface area contributed by atoms with Gasteiger partial charge in [0, 0.05) is 13.0 Å². The van der Waals surface area contributed by atoms with Gasteiger partial charge in [-0.1, -0.05) is 66.4 Å². The maximum Gasteiger partial charge on any atom is 0.155 e. The Balaban J connectivity index is 1.87. The fraction of sp³-hybridized carbons (Fsp3) is 0.900. The average Bonchev–Trinajstić information content (AvgIpc) is 3.00. The van der Waals surface area contributed by atoms with Gasteiger partial charge in [-0.15, -0.1) is 0 Å². The number of ketones is 1. The van der Waals surface area contributed by atoms with Gasteiger partial charge in [0.2, 0.25) is 0 Å². The summed E-state index contributed by atoms with van der Waals surface area (Å²) < 4.78 is 0. The summed E-state index contributed by atoms with van der Waals surface area (Å²) in [6, 6.07) is 0. The van der Waals surface area contributed by atoms with E-state index in [1.54, 1.807) is 0 Å². The molecule has 0 saturated heterocycles. The highest BCUT2D eigenvalue weighted by atomic mass is 16.3. The topological polar surface area (TPSA) is 57.5 Å². The number of carbonyl (C=O) groups excluding carboxylic acids is 1. The Morgan fingerprint density at radius 2 is 1.70 bits per heavy atom.